The van der Waals surface area contributed by atoms with E-state index in [1.807, 2.05) is 13.8 Å². The maximum atomic E-state index is 12.5. The summed E-state index contributed by atoms with van der Waals surface area (Å²) in [6.07, 6.45) is 2.39. The van der Waals surface area contributed by atoms with Crippen LogP contribution in [0.25, 0.3) is 0 Å². The van der Waals surface area contributed by atoms with Crippen molar-refractivity contribution in [3.05, 3.63) is 24.6 Å². The first-order valence-corrected chi connectivity index (χ1v) is 6.77. The highest BCUT2D eigenvalue weighted by Crippen LogP contribution is 2.13. The molecule has 0 spiro atoms. The molecular weight excluding hydrogens is 229 g/mol. The first-order valence-electron chi connectivity index (χ1n) is 5.16. The Morgan fingerprint density at radius 1 is 1.50 bits per heavy atom. The molecule has 94 valence electrons. The summed E-state index contributed by atoms with van der Waals surface area (Å²) in [7, 11) is -1.90. The third-order valence-corrected chi connectivity index (χ3v) is 3.79. The molecule has 3 nitrogen and oxygen atoms in total. The van der Waals surface area contributed by atoms with Gasteiger partial charge in [-0.25, -0.2) is 17.1 Å². The second-order valence-corrected chi connectivity index (χ2v) is 6.31. The molecule has 0 aromatic heterocycles. The van der Waals surface area contributed by atoms with Gasteiger partial charge >= 0.3 is 0 Å². The number of likely N-dealkylation sites (N-methyl/N-ethyl adjacent to an activating group) is 1. The van der Waals surface area contributed by atoms with E-state index in [4.69, 9.17) is 0 Å². The lowest BCUT2D eigenvalue weighted by atomic mass is 10.0. The van der Waals surface area contributed by atoms with Crippen LogP contribution in [0, 0.1) is 5.92 Å². The number of sulfonamides is 1. The molecule has 0 amide bonds. The van der Waals surface area contributed by atoms with Crippen molar-refractivity contribution in [3.63, 3.8) is 0 Å². The average Bonchev–Trinajstić information content (AvgIpc) is 2.15. The third-order valence-electron chi connectivity index (χ3n) is 2.05. The van der Waals surface area contributed by atoms with Gasteiger partial charge in [0.05, 0.1) is 12.1 Å². The van der Waals surface area contributed by atoms with E-state index in [2.05, 4.69) is 6.58 Å². The van der Waals surface area contributed by atoms with Gasteiger partial charge < -0.3 is 0 Å². The van der Waals surface area contributed by atoms with Crippen molar-refractivity contribution >= 4 is 10.0 Å². The SMILES string of the molecule is C=CCS(=O)(=O)N(C)CC(=CF)CC(C)C. The van der Waals surface area contributed by atoms with E-state index in [-0.39, 0.29) is 12.3 Å². The summed E-state index contributed by atoms with van der Waals surface area (Å²) in [6, 6.07) is 0. The Bertz CT molecular complexity index is 347. The van der Waals surface area contributed by atoms with Gasteiger partial charge in [0.1, 0.15) is 0 Å². The van der Waals surface area contributed by atoms with Gasteiger partial charge in [-0.2, -0.15) is 0 Å². The van der Waals surface area contributed by atoms with Gasteiger partial charge in [0.25, 0.3) is 0 Å². The lowest BCUT2D eigenvalue weighted by molar-refractivity contribution is 0.478. The zero-order chi connectivity index (χ0) is 12.8. The molecule has 16 heavy (non-hydrogen) atoms. The number of rotatable bonds is 7. The van der Waals surface area contributed by atoms with E-state index in [9.17, 15) is 12.8 Å². The molecule has 0 aromatic carbocycles. The quantitative estimate of drug-likeness (QED) is 0.649. The fourth-order valence-corrected chi connectivity index (χ4v) is 2.24. The topological polar surface area (TPSA) is 37.4 Å². The number of halogens is 1. The standard InChI is InChI=1S/C11H20FNO2S/c1-5-6-16(14,15)13(4)9-11(8-12)7-10(2)3/h5,8,10H,1,6-7,9H2,2-4H3. The Balaban J connectivity index is 4.54. The molecule has 0 aromatic rings. The van der Waals surface area contributed by atoms with Crippen LogP contribution in [0.3, 0.4) is 0 Å². The minimum atomic E-state index is -3.34. The van der Waals surface area contributed by atoms with Crippen molar-refractivity contribution in [1.82, 2.24) is 4.31 Å². The zero-order valence-corrected chi connectivity index (χ0v) is 10.9. The van der Waals surface area contributed by atoms with Crippen molar-refractivity contribution in [1.29, 1.82) is 0 Å². The summed E-state index contributed by atoms with van der Waals surface area (Å²) in [5.41, 5.74) is 0.491. The first kappa shape index (κ1) is 15.3. The van der Waals surface area contributed by atoms with Crippen LogP contribution in [0.2, 0.25) is 0 Å². The van der Waals surface area contributed by atoms with Crippen LogP contribution in [0.1, 0.15) is 20.3 Å². The van der Waals surface area contributed by atoms with E-state index >= 15 is 0 Å². The normalized spacial score (nSPS) is 13.5. The van der Waals surface area contributed by atoms with Crippen molar-refractivity contribution < 1.29 is 12.8 Å². The van der Waals surface area contributed by atoms with Gasteiger partial charge in [0, 0.05) is 13.6 Å². The molecule has 0 N–H and O–H groups in total. The molecule has 0 saturated heterocycles. The molecule has 0 rings (SSSR count). The molecular formula is C11H20FNO2S. The van der Waals surface area contributed by atoms with Crippen molar-refractivity contribution in [2.24, 2.45) is 5.92 Å². The van der Waals surface area contributed by atoms with Crippen LogP contribution in [0.5, 0.6) is 0 Å². The minimum absolute atomic E-state index is 0.102. The average molecular weight is 249 g/mol. The van der Waals surface area contributed by atoms with E-state index in [0.29, 0.717) is 24.2 Å². The molecule has 0 aliphatic rings. The molecule has 0 aliphatic heterocycles. The number of hydrogen-bond donors (Lipinski definition) is 0. The number of nitrogens with zero attached hydrogens (tertiary/aromatic N) is 1. The van der Waals surface area contributed by atoms with Gasteiger partial charge in [-0.1, -0.05) is 19.9 Å². The Morgan fingerprint density at radius 3 is 2.44 bits per heavy atom. The molecule has 0 saturated carbocycles. The van der Waals surface area contributed by atoms with Crippen molar-refractivity contribution in [3.8, 4) is 0 Å². The lowest BCUT2D eigenvalue weighted by Crippen LogP contribution is -2.30. The molecule has 0 radical (unpaired) electrons. The second kappa shape index (κ2) is 6.81. The van der Waals surface area contributed by atoms with Crippen LogP contribution >= 0.6 is 0 Å². The highest BCUT2D eigenvalue weighted by molar-refractivity contribution is 7.89. The van der Waals surface area contributed by atoms with Gasteiger partial charge in [0.15, 0.2) is 0 Å². The van der Waals surface area contributed by atoms with Gasteiger partial charge in [-0.3, -0.25) is 0 Å². The number of hydrogen-bond acceptors (Lipinski definition) is 2. The smallest absolute Gasteiger partial charge is 0.216 e. The summed E-state index contributed by atoms with van der Waals surface area (Å²) in [5.74, 6) is 0.183. The van der Waals surface area contributed by atoms with Gasteiger partial charge in [-0.05, 0) is 17.9 Å². The zero-order valence-electron chi connectivity index (χ0n) is 10.1. The van der Waals surface area contributed by atoms with Gasteiger partial charge in [-0.15, -0.1) is 6.58 Å². The molecule has 0 unspecified atom stereocenters. The third kappa shape index (κ3) is 5.42. The Morgan fingerprint density at radius 2 is 2.06 bits per heavy atom. The highest BCUT2D eigenvalue weighted by atomic mass is 32.2. The van der Waals surface area contributed by atoms with Crippen LogP contribution in [-0.4, -0.2) is 32.1 Å². The van der Waals surface area contributed by atoms with E-state index in [0.717, 1.165) is 4.31 Å². The van der Waals surface area contributed by atoms with Crippen LogP contribution < -0.4 is 0 Å². The van der Waals surface area contributed by atoms with Crippen molar-refractivity contribution in [2.75, 3.05) is 19.3 Å². The maximum absolute atomic E-state index is 12.5. The predicted molar refractivity (Wildman–Crippen MR) is 65.3 cm³/mol. The Hall–Kier alpha value is -0.680. The highest BCUT2D eigenvalue weighted by Gasteiger charge is 2.17. The summed E-state index contributed by atoms with van der Waals surface area (Å²) in [6.45, 7) is 7.40. The van der Waals surface area contributed by atoms with E-state index in [1.165, 1.54) is 13.1 Å². The van der Waals surface area contributed by atoms with E-state index < -0.39 is 10.0 Å². The lowest BCUT2D eigenvalue weighted by Gasteiger charge is -2.18. The van der Waals surface area contributed by atoms with E-state index in [1.54, 1.807) is 0 Å². The monoisotopic (exact) mass is 249 g/mol. The Labute approximate surface area is 97.7 Å². The molecule has 0 fully saturated rings. The fourth-order valence-electron chi connectivity index (χ4n) is 1.33. The molecule has 0 atom stereocenters. The molecule has 5 heteroatoms. The summed E-state index contributed by atoms with van der Waals surface area (Å²) < 4.78 is 36.8. The van der Waals surface area contributed by atoms with Crippen LogP contribution in [0.15, 0.2) is 24.6 Å². The van der Waals surface area contributed by atoms with Crippen LogP contribution in [0.4, 0.5) is 4.39 Å². The largest absolute Gasteiger partial charge is 0.217 e. The molecule has 0 heterocycles. The summed E-state index contributed by atoms with van der Waals surface area (Å²) >= 11 is 0. The van der Waals surface area contributed by atoms with Crippen molar-refractivity contribution in [2.45, 2.75) is 20.3 Å². The maximum Gasteiger partial charge on any atom is 0.217 e. The Kier molecular flexibility index (Phi) is 6.52. The summed E-state index contributed by atoms with van der Waals surface area (Å²) in [4.78, 5) is 0. The predicted octanol–water partition coefficient (Wildman–Crippen LogP) is 2.33. The minimum Gasteiger partial charge on any atom is -0.216 e. The summed E-state index contributed by atoms with van der Waals surface area (Å²) in [5, 5.41) is 0. The molecule has 0 aliphatic carbocycles. The fraction of sp³-hybridized carbons (Fsp3) is 0.636. The van der Waals surface area contributed by atoms with Crippen LogP contribution in [-0.2, 0) is 10.0 Å². The second-order valence-electron chi connectivity index (χ2n) is 4.19. The van der Waals surface area contributed by atoms with Gasteiger partial charge in [0.2, 0.25) is 10.0 Å². The molecule has 0 bridgehead atoms. The first-order chi connectivity index (χ1) is 7.33.